The van der Waals surface area contributed by atoms with Crippen molar-refractivity contribution in [3.05, 3.63) is 47.7 Å². The van der Waals surface area contributed by atoms with Crippen molar-refractivity contribution in [3.8, 4) is 5.75 Å². The number of nitrogen functional groups attached to an aromatic ring is 1. The third-order valence-corrected chi connectivity index (χ3v) is 3.01. The zero-order chi connectivity index (χ0) is 15.2. The molecule has 0 aliphatic rings. The molecule has 0 spiro atoms. The molecule has 0 saturated heterocycles. The number of hydrogen-bond donors (Lipinski definition) is 3. The van der Waals surface area contributed by atoms with Gasteiger partial charge in [0, 0.05) is 0 Å². The van der Waals surface area contributed by atoms with Gasteiger partial charge < -0.3 is 15.5 Å². The van der Waals surface area contributed by atoms with Crippen LogP contribution in [0.25, 0.3) is 0 Å². The SMILES string of the molecule is COc1ccc(C(C)NC(=O)c2ccc(NN)nn2)cc1. The lowest BCUT2D eigenvalue weighted by molar-refractivity contribution is 0.0934. The molecule has 1 aromatic heterocycles. The maximum Gasteiger partial charge on any atom is 0.272 e. The second-order valence-electron chi connectivity index (χ2n) is 4.42. The van der Waals surface area contributed by atoms with E-state index in [4.69, 9.17) is 10.6 Å². The van der Waals surface area contributed by atoms with Crippen LogP contribution in [0.3, 0.4) is 0 Å². The molecule has 0 aliphatic carbocycles. The largest absolute Gasteiger partial charge is 0.497 e. The number of benzene rings is 1. The van der Waals surface area contributed by atoms with Gasteiger partial charge in [-0.25, -0.2) is 5.84 Å². The number of aromatic nitrogens is 2. The van der Waals surface area contributed by atoms with Gasteiger partial charge in [-0.3, -0.25) is 4.79 Å². The number of carbonyl (C=O) groups excluding carboxylic acids is 1. The summed E-state index contributed by atoms with van der Waals surface area (Å²) in [6, 6.07) is 10.5. The Bertz CT molecular complexity index is 598. The number of ether oxygens (including phenoxy) is 1. The van der Waals surface area contributed by atoms with Crippen LogP contribution in [0.5, 0.6) is 5.75 Å². The second-order valence-corrected chi connectivity index (χ2v) is 4.42. The van der Waals surface area contributed by atoms with Crippen LogP contribution >= 0.6 is 0 Å². The molecule has 4 N–H and O–H groups in total. The molecule has 1 unspecified atom stereocenters. The number of methoxy groups -OCH3 is 1. The Morgan fingerprint density at radius 2 is 1.90 bits per heavy atom. The fourth-order valence-corrected chi connectivity index (χ4v) is 1.78. The summed E-state index contributed by atoms with van der Waals surface area (Å²) in [5.41, 5.74) is 3.55. The molecular formula is C14H17N5O2. The summed E-state index contributed by atoms with van der Waals surface area (Å²) in [7, 11) is 1.61. The predicted molar refractivity (Wildman–Crippen MR) is 78.7 cm³/mol. The molecule has 0 aliphatic heterocycles. The summed E-state index contributed by atoms with van der Waals surface area (Å²) in [4.78, 5) is 12.1. The Labute approximate surface area is 122 Å². The molecule has 0 saturated carbocycles. The lowest BCUT2D eigenvalue weighted by Gasteiger charge is -2.14. The van der Waals surface area contributed by atoms with Crippen molar-refractivity contribution in [2.24, 2.45) is 5.84 Å². The van der Waals surface area contributed by atoms with Gasteiger partial charge in [-0.15, -0.1) is 10.2 Å². The number of carbonyl (C=O) groups is 1. The van der Waals surface area contributed by atoms with E-state index in [1.54, 1.807) is 19.2 Å². The van der Waals surface area contributed by atoms with Crippen LogP contribution in [0.4, 0.5) is 5.82 Å². The first-order valence-corrected chi connectivity index (χ1v) is 6.39. The average molecular weight is 287 g/mol. The van der Waals surface area contributed by atoms with Gasteiger partial charge in [-0.05, 0) is 36.8 Å². The maximum absolute atomic E-state index is 12.1. The zero-order valence-corrected chi connectivity index (χ0v) is 11.8. The highest BCUT2D eigenvalue weighted by molar-refractivity contribution is 5.92. The summed E-state index contributed by atoms with van der Waals surface area (Å²) in [5, 5.41) is 10.4. The van der Waals surface area contributed by atoms with Gasteiger partial charge in [0.2, 0.25) is 0 Å². The zero-order valence-electron chi connectivity index (χ0n) is 11.8. The quantitative estimate of drug-likeness (QED) is 0.565. The van der Waals surface area contributed by atoms with Crippen molar-refractivity contribution < 1.29 is 9.53 Å². The lowest BCUT2D eigenvalue weighted by Crippen LogP contribution is -2.27. The van der Waals surface area contributed by atoms with Crippen LogP contribution < -0.4 is 21.3 Å². The van der Waals surface area contributed by atoms with E-state index in [2.05, 4.69) is 20.9 Å². The van der Waals surface area contributed by atoms with Crippen LogP contribution in [0.15, 0.2) is 36.4 Å². The Hall–Kier alpha value is -2.67. The predicted octanol–water partition coefficient (Wildman–Crippen LogP) is 1.26. The molecule has 1 aromatic carbocycles. The summed E-state index contributed by atoms with van der Waals surface area (Å²) in [6.45, 7) is 1.89. The normalized spacial score (nSPS) is 11.6. The minimum Gasteiger partial charge on any atom is -0.497 e. The Morgan fingerprint density at radius 3 is 2.43 bits per heavy atom. The highest BCUT2D eigenvalue weighted by Gasteiger charge is 2.13. The van der Waals surface area contributed by atoms with Gasteiger partial charge in [0.1, 0.15) is 5.75 Å². The van der Waals surface area contributed by atoms with Gasteiger partial charge in [-0.2, -0.15) is 0 Å². The molecule has 2 aromatic rings. The van der Waals surface area contributed by atoms with Crippen molar-refractivity contribution in [2.45, 2.75) is 13.0 Å². The van der Waals surface area contributed by atoms with Crippen molar-refractivity contribution in [1.29, 1.82) is 0 Å². The van der Waals surface area contributed by atoms with E-state index in [1.165, 1.54) is 0 Å². The van der Waals surface area contributed by atoms with Crippen molar-refractivity contribution in [2.75, 3.05) is 12.5 Å². The summed E-state index contributed by atoms with van der Waals surface area (Å²) in [5.74, 6) is 6.07. The number of nitrogens with two attached hydrogens (primary N) is 1. The van der Waals surface area contributed by atoms with Crippen molar-refractivity contribution in [1.82, 2.24) is 15.5 Å². The molecule has 110 valence electrons. The van der Waals surface area contributed by atoms with Gasteiger partial charge in [0.05, 0.1) is 13.2 Å². The van der Waals surface area contributed by atoms with Crippen LogP contribution in [-0.2, 0) is 0 Å². The minimum atomic E-state index is -0.297. The summed E-state index contributed by atoms with van der Waals surface area (Å²) >= 11 is 0. The summed E-state index contributed by atoms with van der Waals surface area (Å²) in [6.07, 6.45) is 0. The first-order chi connectivity index (χ1) is 10.1. The number of amides is 1. The van der Waals surface area contributed by atoms with E-state index in [0.717, 1.165) is 11.3 Å². The fraction of sp³-hybridized carbons (Fsp3) is 0.214. The van der Waals surface area contributed by atoms with Gasteiger partial charge in [-0.1, -0.05) is 12.1 Å². The molecule has 0 radical (unpaired) electrons. The molecule has 21 heavy (non-hydrogen) atoms. The van der Waals surface area contributed by atoms with Crippen LogP contribution in [0, 0.1) is 0 Å². The Balaban J connectivity index is 2.03. The number of anilines is 1. The van der Waals surface area contributed by atoms with Gasteiger partial charge >= 0.3 is 0 Å². The average Bonchev–Trinajstić information content (AvgIpc) is 2.55. The summed E-state index contributed by atoms with van der Waals surface area (Å²) < 4.78 is 5.10. The Morgan fingerprint density at radius 1 is 1.19 bits per heavy atom. The van der Waals surface area contributed by atoms with Gasteiger partial charge in [0.15, 0.2) is 11.5 Å². The van der Waals surface area contributed by atoms with Gasteiger partial charge in [0.25, 0.3) is 5.91 Å². The number of nitrogens with zero attached hydrogens (tertiary/aromatic N) is 2. The third kappa shape index (κ3) is 3.67. The van der Waals surface area contributed by atoms with Crippen LogP contribution in [0.2, 0.25) is 0 Å². The first kappa shape index (κ1) is 14.7. The van der Waals surface area contributed by atoms with Crippen LogP contribution in [0.1, 0.15) is 29.0 Å². The molecule has 1 atom stereocenters. The second kappa shape index (κ2) is 6.67. The number of rotatable bonds is 5. The molecule has 0 fully saturated rings. The van der Waals surface area contributed by atoms with Crippen LogP contribution in [-0.4, -0.2) is 23.2 Å². The Kier molecular flexibility index (Phi) is 4.68. The van der Waals surface area contributed by atoms with E-state index in [0.29, 0.717) is 5.82 Å². The smallest absolute Gasteiger partial charge is 0.272 e. The van der Waals surface area contributed by atoms with E-state index in [1.807, 2.05) is 31.2 Å². The molecule has 1 heterocycles. The first-order valence-electron chi connectivity index (χ1n) is 6.39. The van der Waals surface area contributed by atoms with E-state index >= 15 is 0 Å². The van der Waals surface area contributed by atoms with Crippen molar-refractivity contribution in [3.63, 3.8) is 0 Å². The number of hydrazine groups is 1. The van der Waals surface area contributed by atoms with E-state index < -0.39 is 0 Å². The fourth-order valence-electron chi connectivity index (χ4n) is 1.78. The highest BCUT2D eigenvalue weighted by atomic mass is 16.5. The standard InChI is InChI=1S/C14H17N5O2/c1-9(10-3-5-11(21-2)6-4-10)16-14(20)12-7-8-13(17-15)19-18-12/h3-9H,15H2,1-2H3,(H,16,20)(H,17,19). The van der Waals surface area contributed by atoms with E-state index in [-0.39, 0.29) is 17.6 Å². The monoisotopic (exact) mass is 287 g/mol. The molecular weight excluding hydrogens is 270 g/mol. The highest BCUT2D eigenvalue weighted by Crippen LogP contribution is 2.17. The van der Waals surface area contributed by atoms with Crippen molar-refractivity contribution >= 4 is 11.7 Å². The molecule has 0 bridgehead atoms. The minimum absolute atomic E-state index is 0.155. The number of nitrogens with one attached hydrogen (secondary N) is 2. The van der Waals surface area contributed by atoms with E-state index in [9.17, 15) is 4.79 Å². The third-order valence-electron chi connectivity index (χ3n) is 3.01. The maximum atomic E-state index is 12.1. The lowest BCUT2D eigenvalue weighted by atomic mass is 10.1. The number of hydrogen-bond acceptors (Lipinski definition) is 6. The molecule has 2 rings (SSSR count). The molecule has 1 amide bonds. The molecule has 7 heteroatoms. The molecule has 7 nitrogen and oxygen atoms in total. The topological polar surface area (TPSA) is 102 Å².